The molecule has 0 spiro atoms. The molecule has 0 aliphatic heterocycles. The van der Waals surface area contributed by atoms with Crippen molar-refractivity contribution in [2.24, 2.45) is 0 Å². The molecule has 0 bridgehead atoms. The first-order valence-electron chi connectivity index (χ1n) is 4.77. The van der Waals surface area contributed by atoms with Crippen LogP contribution in [-0.4, -0.2) is 12.5 Å². The molecule has 1 atom stereocenters. The maximum absolute atomic E-state index is 12.2. The summed E-state index contributed by atoms with van der Waals surface area (Å²) in [5.41, 5.74) is 1.92. The van der Waals surface area contributed by atoms with Crippen molar-refractivity contribution in [2.45, 2.75) is 32.9 Å². The van der Waals surface area contributed by atoms with Gasteiger partial charge in [-0.3, -0.25) is 0 Å². The summed E-state index contributed by atoms with van der Waals surface area (Å²) in [6, 6.07) is 4.72. The molecule has 0 fully saturated rings. The molecule has 0 saturated heterocycles. The predicted molar refractivity (Wildman–Crippen MR) is 58.5 cm³/mol. The van der Waals surface area contributed by atoms with Crippen molar-refractivity contribution in [3.05, 3.63) is 34.3 Å². The Morgan fingerprint density at radius 2 is 2.07 bits per heavy atom. The number of halogens is 3. The van der Waals surface area contributed by atoms with Crippen molar-refractivity contribution in [3.63, 3.8) is 0 Å². The van der Waals surface area contributed by atoms with E-state index in [-0.39, 0.29) is 0 Å². The summed E-state index contributed by atoms with van der Waals surface area (Å²) in [6.45, 7) is 3.79. The number of nitrogens with one attached hydrogen (secondary N) is 1. The third kappa shape index (κ3) is 3.76. The van der Waals surface area contributed by atoms with Gasteiger partial charge in [-0.2, -0.15) is 0 Å². The van der Waals surface area contributed by atoms with Gasteiger partial charge in [0.2, 0.25) is 0 Å². The van der Waals surface area contributed by atoms with Crippen LogP contribution in [0, 0.1) is 6.92 Å². The standard InChI is InChI=1S/C11H14ClF2N/c1-7-5-9(3-4-10(7)12)6-15-8(2)11(13)14/h3-5,8,11,15H,6H2,1-2H3. The highest BCUT2D eigenvalue weighted by atomic mass is 35.5. The van der Waals surface area contributed by atoms with Gasteiger partial charge in [-0.15, -0.1) is 0 Å². The second-order valence-electron chi connectivity index (χ2n) is 3.59. The number of hydrogen-bond donors (Lipinski definition) is 1. The number of rotatable bonds is 4. The number of benzene rings is 1. The van der Waals surface area contributed by atoms with Crippen molar-refractivity contribution in [1.29, 1.82) is 0 Å². The minimum absolute atomic E-state index is 0.434. The second-order valence-corrected chi connectivity index (χ2v) is 3.99. The molecule has 1 aromatic carbocycles. The first-order chi connectivity index (χ1) is 7.00. The Labute approximate surface area is 93.4 Å². The van der Waals surface area contributed by atoms with Crippen molar-refractivity contribution in [2.75, 3.05) is 0 Å². The van der Waals surface area contributed by atoms with Gasteiger partial charge >= 0.3 is 0 Å². The Balaban J connectivity index is 2.55. The molecule has 0 aromatic heterocycles. The number of alkyl halides is 2. The Bertz CT molecular complexity index is 328. The zero-order valence-corrected chi connectivity index (χ0v) is 9.48. The average Bonchev–Trinajstić information content (AvgIpc) is 2.19. The van der Waals surface area contributed by atoms with Crippen LogP contribution in [0.4, 0.5) is 8.78 Å². The van der Waals surface area contributed by atoms with Crippen LogP contribution in [0.3, 0.4) is 0 Å². The Morgan fingerprint density at radius 1 is 1.40 bits per heavy atom. The summed E-state index contributed by atoms with van der Waals surface area (Å²) in [5, 5.41) is 3.45. The van der Waals surface area contributed by atoms with Gasteiger partial charge in [0, 0.05) is 11.6 Å². The lowest BCUT2D eigenvalue weighted by molar-refractivity contribution is 0.105. The maximum Gasteiger partial charge on any atom is 0.253 e. The molecule has 1 aromatic rings. The Morgan fingerprint density at radius 3 is 2.60 bits per heavy atom. The van der Waals surface area contributed by atoms with Crippen molar-refractivity contribution in [3.8, 4) is 0 Å². The van der Waals surface area contributed by atoms with Gasteiger partial charge in [0.05, 0.1) is 6.04 Å². The molecule has 1 unspecified atom stereocenters. The highest BCUT2D eigenvalue weighted by Gasteiger charge is 2.13. The molecule has 0 aliphatic carbocycles. The minimum Gasteiger partial charge on any atom is -0.305 e. The van der Waals surface area contributed by atoms with Crippen LogP contribution >= 0.6 is 11.6 Å². The smallest absolute Gasteiger partial charge is 0.253 e. The summed E-state index contributed by atoms with van der Waals surface area (Å²) < 4.78 is 24.4. The second kappa shape index (κ2) is 5.42. The van der Waals surface area contributed by atoms with E-state index in [0.717, 1.165) is 11.1 Å². The maximum atomic E-state index is 12.2. The number of aryl methyl sites for hydroxylation is 1. The molecule has 4 heteroatoms. The third-order valence-electron chi connectivity index (χ3n) is 2.23. The molecular weight excluding hydrogens is 220 g/mol. The molecule has 1 nitrogen and oxygen atoms in total. The van der Waals surface area contributed by atoms with E-state index in [2.05, 4.69) is 5.32 Å². The zero-order valence-electron chi connectivity index (χ0n) is 8.73. The summed E-state index contributed by atoms with van der Waals surface area (Å²) >= 11 is 5.85. The molecule has 0 amide bonds. The first-order valence-corrected chi connectivity index (χ1v) is 5.15. The fraction of sp³-hybridized carbons (Fsp3) is 0.455. The summed E-state index contributed by atoms with van der Waals surface area (Å²) in [5.74, 6) is 0. The number of hydrogen-bond acceptors (Lipinski definition) is 1. The lowest BCUT2D eigenvalue weighted by atomic mass is 10.1. The van der Waals surface area contributed by atoms with Gasteiger partial charge in [-0.1, -0.05) is 23.7 Å². The van der Waals surface area contributed by atoms with Gasteiger partial charge in [-0.05, 0) is 31.0 Å². The lowest BCUT2D eigenvalue weighted by Gasteiger charge is -2.12. The highest BCUT2D eigenvalue weighted by molar-refractivity contribution is 6.31. The van der Waals surface area contributed by atoms with Crippen molar-refractivity contribution < 1.29 is 8.78 Å². The van der Waals surface area contributed by atoms with Crippen LogP contribution in [0.25, 0.3) is 0 Å². The molecule has 84 valence electrons. The van der Waals surface area contributed by atoms with Crippen LogP contribution in [-0.2, 0) is 6.54 Å². The lowest BCUT2D eigenvalue weighted by Crippen LogP contribution is -2.31. The molecule has 0 radical (unpaired) electrons. The van der Waals surface area contributed by atoms with E-state index >= 15 is 0 Å². The molecule has 0 heterocycles. The van der Waals surface area contributed by atoms with Crippen LogP contribution in [0.1, 0.15) is 18.1 Å². The molecular formula is C11H14ClF2N. The topological polar surface area (TPSA) is 12.0 Å². The van der Waals surface area contributed by atoms with Crippen molar-refractivity contribution >= 4 is 11.6 Å². The van der Waals surface area contributed by atoms with Crippen LogP contribution in [0.5, 0.6) is 0 Å². The highest BCUT2D eigenvalue weighted by Crippen LogP contribution is 2.16. The van der Waals surface area contributed by atoms with Crippen LogP contribution in [0.15, 0.2) is 18.2 Å². The molecule has 15 heavy (non-hydrogen) atoms. The monoisotopic (exact) mass is 233 g/mol. The van der Waals surface area contributed by atoms with Crippen molar-refractivity contribution in [1.82, 2.24) is 5.32 Å². The molecule has 0 saturated carbocycles. The van der Waals surface area contributed by atoms with E-state index in [1.807, 2.05) is 19.1 Å². The van der Waals surface area contributed by atoms with Gasteiger partial charge < -0.3 is 5.32 Å². The summed E-state index contributed by atoms with van der Waals surface area (Å²) in [6.07, 6.45) is -2.33. The van der Waals surface area contributed by atoms with Gasteiger partial charge in [0.15, 0.2) is 0 Å². The predicted octanol–water partition coefficient (Wildman–Crippen LogP) is 3.39. The summed E-state index contributed by atoms with van der Waals surface area (Å²) in [4.78, 5) is 0. The van der Waals surface area contributed by atoms with E-state index in [1.54, 1.807) is 6.07 Å². The van der Waals surface area contributed by atoms with E-state index in [9.17, 15) is 8.78 Å². The minimum atomic E-state index is -2.33. The normalized spacial score (nSPS) is 13.2. The van der Waals surface area contributed by atoms with E-state index in [4.69, 9.17) is 11.6 Å². The fourth-order valence-electron chi connectivity index (χ4n) is 1.18. The Hall–Kier alpha value is -0.670. The summed E-state index contributed by atoms with van der Waals surface area (Å²) in [7, 11) is 0. The van der Waals surface area contributed by atoms with Crippen LogP contribution < -0.4 is 5.32 Å². The van der Waals surface area contributed by atoms with Gasteiger partial charge in [0.1, 0.15) is 0 Å². The molecule has 1 rings (SSSR count). The average molecular weight is 234 g/mol. The molecule has 0 aliphatic rings. The van der Waals surface area contributed by atoms with Gasteiger partial charge in [0.25, 0.3) is 6.43 Å². The third-order valence-corrected chi connectivity index (χ3v) is 2.65. The largest absolute Gasteiger partial charge is 0.305 e. The fourth-order valence-corrected chi connectivity index (χ4v) is 1.30. The SMILES string of the molecule is Cc1cc(CNC(C)C(F)F)ccc1Cl. The van der Waals surface area contributed by atoms with E-state index in [1.165, 1.54) is 6.92 Å². The van der Waals surface area contributed by atoms with E-state index in [0.29, 0.717) is 11.6 Å². The first kappa shape index (κ1) is 12.4. The molecule has 1 N–H and O–H groups in total. The van der Waals surface area contributed by atoms with E-state index < -0.39 is 12.5 Å². The quantitative estimate of drug-likeness (QED) is 0.841. The van der Waals surface area contributed by atoms with Gasteiger partial charge in [-0.25, -0.2) is 8.78 Å². The zero-order chi connectivity index (χ0) is 11.4. The van der Waals surface area contributed by atoms with Crippen LogP contribution in [0.2, 0.25) is 5.02 Å². The Kier molecular flexibility index (Phi) is 4.48.